The van der Waals surface area contributed by atoms with E-state index in [1.807, 2.05) is 0 Å². The first kappa shape index (κ1) is 11.4. The normalized spacial score (nSPS) is 13.9. The van der Waals surface area contributed by atoms with Crippen LogP contribution in [0.3, 0.4) is 0 Å². The minimum absolute atomic E-state index is 0.0418. The van der Waals surface area contributed by atoms with Gasteiger partial charge in [-0.25, -0.2) is 13.4 Å². The van der Waals surface area contributed by atoms with E-state index in [1.54, 1.807) is 19.2 Å². The molecule has 1 atom stereocenters. The topological polar surface area (TPSA) is 85.1 Å². The van der Waals surface area contributed by atoms with Gasteiger partial charge in [-0.2, -0.15) is 0 Å². The summed E-state index contributed by atoms with van der Waals surface area (Å²) >= 11 is 1.24. The van der Waals surface area contributed by atoms with Gasteiger partial charge in [-0.05, 0) is 13.8 Å². The maximum atomic E-state index is 11.2. The van der Waals surface area contributed by atoms with Crippen LogP contribution in [-0.2, 0) is 10.0 Å². The third-order valence-electron chi connectivity index (χ3n) is 1.61. The van der Waals surface area contributed by atoms with E-state index < -0.39 is 10.0 Å². The Morgan fingerprint density at radius 3 is 2.79 bits per heavy atom. The SMILES string of the molecule is CCS(=O)(=O)Nc1nc(C(C)N)cs1. The molecule has 0 saturated carbocycles. The van der Waals surface area contributed by atoms with E-state index in [1.165, 1.54) is 11.3 Å². The van der Waals surface area contributed by atoms with E-state index in [0.717, 1.165) is 0 Å². The first-order valence-electron chi connectivity index (χ1n) is 4.16. The van der Waals surface area contributed by atoms with E-state index in [2.05, 4.69) is 9.71 Å². The smallest absolute Gasteiger partial charge is 0.234 e. The third kappa shape index (κ3) is 2.93. The number of nitrogens with two attached hydrogens (primary N) is 1. The van der Waals surface area contributed by atoms with Crippen molar-refractivity contribution in [2.24, 2.45) is 5.73 Å². The van der Waals surface area contributed by atoms with E-state index in [-0.39, 0.29) is 11.8 Å². The largest absolute Gasteiger partial charge is 0.323 e. The molecule has 1 unspecified atom stereocenters. The Balaban J connectivity index is 2.79. The van der Waals surface area contributed by atoms with E-state index in [0.29, 0.717) is 10.8 Å². The van der Waals surface area contributed by atoms with Crippen molar-refractivity contribution in [2.45, 2.75) is 19.9 Å². The van der Waals surface area contributed by atoms with Crippen LogP contribution in [0.25, 0.3) is 0 Å². The molecule has 14 heavy (non-hydrogen) atoms. The fourth-order valence-corrected chi connectivity index (χ4v) is 2.43. The highest BCUT2D eigenvalue weighted by molar-refractivity contribution is 7.92. The Morgan fingerprint density at radius 1 is 1.71 bits per heavy atom. The minimum atomic E-state index is -3.23. The molecule has 7 heteroatoms. The van der Waals surface area contributed by atoms with Crippen LogP contribution in [0.15, 0.2) is 5.38 Å². The van der Waals surface area contributed by atoms with Crippen LogP contribution in [0.5, 0.6) is 0 Å². The van der Waals surface area contributed by atoms with Crippen molar-refractivity contribution in [2.75, 3.05) is 10.5 Å². The molecule has 1 rings (SSSR count). The van der Waals surface area contributed by atoms with Gasteiger partial charge in [0.2, 0.25) is 10.0 Å². The molecule has 0 spiro atoms. The summed E-state index contributed by atoms with van der Waals surface area (Å²) in [5.41, 5.74) is 6.29. The van der Waals surface area contributed by atoms with Gasteiger partial charge >= 0.3 is 0 Å². The summed E-state index contributed by atoms with van der Waals surface area (Å²) in [6.07, 6.45) is 0. The van der Waals surface area contributed by atoms with Crippen molar-refractivity contribution in [1.29, 1.82) is 0 Å². The first-order chi connectivity index (χ1) is 6.44. The predicted octanol–water partition coefficient (Wildman–Crippen LogP) is 0.924. The second-order valence-corrected chi connectivity index (χ2v) is 5.74. The molecular weight excluding hydrogens is 222 g/mol. The van der Waals surface area contributed by atoms with Crippen LogP contribution in [-0.4, -0.2) is 19.2 Å². The zero-order valence-corrected chi connectivity index (χ0v) is 9.65. The zero-order chi connectivity index (χ0) is 10.8. The Hall–Kier alpha value is -0.660. The van der Waals surface area contributed by atoms with Gasteiger partial charge in [0.15, 0.2) is 5.13 Å². The summed E-state index contributed by atoms with van der Waals surface area (Å²) in [5.74, 6) is 0.0418. The Kier molecular flexibility index (Phi) is 3.46. The van der Waals surface area contributed by atoms with Crippen molar-refractivity contribution in [3.05, 3.63) is 11.1 Å². The summed E-state index contributed by atoms with van der Waals surface area (Å²) in [5, 5.41) is 2.12. The molecule has 80 valence electrons. The second-order valence-electron chi connectivity index (χ2n) is 2.87. The highest BCUT2D eigenvalue weighted by atomic mass is 32.2. The lowest BCUT2D eigenvalue weighted by Crippen LogP contribution is -2.14. The maximum Gasteiger partial charge on any atom is 0.234 e. The van der Waals surface area contributed by atoms with Gasteiger partial charge in [-0.15, -0.1) is 11.3 Å². The quantitative estimate of drug-likeness (QED) is 0.812. The molecule has 5 nitrogen and oxygen atoms in total. The van der Waals surface area contributed by atoms with Crippen LogP contribution in [0, 0.1) is 0 Å². The molecule has 0 amide bonds. The number of sulfonamides is 1. The Labute approximate surface area is 87.4 Å². The lowest BCUT2D eigenvalue weighted by Gasteiger charge is -2.01. The lowest BCUT2D eigenvalue weighted by atomic mass is 10.3. The van der Waals surface area contributed by atoms with E-state index in [9.17, 15) is 8.42 Å². The molecule has 1 aromatic rings. The van der Waals surface area contributed by atoms with Gasteiger partial charge in [-0.3, -0.25) is 4.72 Å². The average molecular weight is 235 g/mol. The standard InChI is InChI=1S/C7H13N3O2S2/c1-3-14(11,12)10-7-9-6(4-13-7)5(2)8/h4-5H,3,8H2,1-2H3,(H,9,10). The number of nitrogens with one attached hydrogen (secondary N) is 1. The summed E-state index contributed by atoms with van der Waals surface area (Å²) in [4.78, 5) is 4.05. The lowest BCUT2D eigenvalue weighted by molar-refractivity contribution is 0.602. The molecule has 1 heterocycles. The highest BCUT2D eigenvalue weighted by Gasteiger charge is 2.11. The van der Waals surface area contributed by atoms with Crippen LogP contribution in [0.2, 0.25) is 0 Å². The fraction of sp³-hybridized carbons (Fsp3) is 0.571. The van der Waals surface area contributed by atoms with E-state index >= 15 is 0 Å². The number of anilines is 1. The Morgan fingerprint density at radius 2 is 2.36 bits per heavy atom. The van der Waals surface area contributed by atoms with E-state index in [4.69, 9.17) is 5.73 Å². The molecule has 3 N–H and O–H groups in total. The number of nitrogens with zero attached hydrogens (tertiary/aromatic N) is 1. The molecule has 0 radical (unpaired) electrons. The summed E-state index contributed by atoms with van der Waals surface area (Å²) in [7, 11) is -3.23. The summed E-state index contributed by atoms with van der Waals surface area (Å²) in [6.45, 7) is 3.37. The number of hydrogen-bond donors (Lipinski definition) is 2. The van der Waals surface area contributed by atoms with Crippen molar-refractivity contribution in [1.82, 2.24) is 4.98 Å². The van der Waals surface area contributed by atoms with Crippen LogP contribution in [0.1, 0.15) is 25.6 Å². The average Bonchev–Trinajstić information content (AvgIpc) is 2.52. The minimum Gasteiger partial charge on any atom is -0.323 e. The molecule has 0 fully saturated rings. The second kappa shape index (κ2) is 4.24. The summed E-state index contributed by atoms with van der Waals surface area (Å²) < 4.78 is 24.7. The van der Waals surface area contributed by atoms with Gasteiger partial charge in [0.1, 0.15) is 0 Å². The van der Waals surface area contributed by atoms with Crippen LogP contribution < -0.4 is 10.5 Å². The molecule has 0 aliphatic carbocycles. The van der Waals surface area contributed by atoms with Gasteiger partial charge in [-0.1, -0.05) is 0 Å². The number of aromatic nitrogens is 1. The van der Waals surface area contributed by atoms with Gasteiger partial charge in [0.05, 0.1) is 11.4 Å². The van der Waals surface area contributed by atoms with Gasteiger partial charge < -0.3 is 5.73 Å². The monoisotopic (exact) mass is 235 g/mol. The highest BCUT2D eigenvalue weighted by Crippen LogP contribution is 2.19. The Bertz CT molecular complexity index is 397. The van der Waals surface area contributed by atoms with Crippen molar-refractivity contribution in [3.63, 3.8) is 0 Å². The number of rotatable bonds is 4. The van der Waals surface area contributed by atoms with Gasteiger partial charge in [0, 0.05) is 11.4 Å². The molecule has 0 bridgehead atoms. The van der Waals surface area contributed by atoms with Crippen molar-refractivity contribution in [3.8, 4) is 0 Å². The molecule has 0 aliphatic heterocycles. The number of thiazole rings is 1. The van der Waals surface area contributed by atoms with Crippen LogP contribution in [0.4, 0.5) is 5.13 Å². The number of hydrogen-bond acceptors (Lipinski definition) is 5. The summed E-state index contributed by atoms with van der Waals surface area (Å²) in [6, 6.07) is -0.175. The van der Waals surface area contributed by atoms with Crippen molar-refractivity contribution < 1.29 is 8.42 Å². The maximum absolute atomic E-state index is 11.2. The molecular formula is C7H13N3O2S2. The molecule has 0 saturated heterocycles. The predicted molar refractivity (Wildman–Crippen MR) is 57.8 cm³/mol. The zero-order valence-electron chi connectivity index (χ0n) is 8.02. The van der Waals surface area contributed by atoms with Gasteiger partial charge in [0.25, 0.3) is 0 Å². The molecule has 0 aliphatic rings. The third-order valence-corrected chi connectivity index (χ3v) is 3.78. The molecule has 0 aromatic carbocycles. The van der Waals surface area contributed by atoms with Crippen LogP contribution >= 0.6 is 11.3 Å². The fourth-order valence-electron chi connectivity index (χ4n) is 0.747. The van der Waals surface area contributed by atoms with Crippen molar-refractivity contribution >= 4 is 26.5 Å². The first-order valence-corrected chi connectivity index (χ1v) is 6.69. The molecule has 1 aromatic heterocycles.